The van der Waals surface area contributed by atoms with Gasteiger partial charge in [0.05, 0.1) is 24.8 Å². The lowest BCUT2D eigenvalue weighted by molar-refractivity contribution is 0.0540. The van der Waals surface area contributed by atoms with Gasteiger partial charge in [-0.3, -0.25) is 0 Å². The van der Waals surface area contributed by atoms with E-state index in [1.807, 2.05) is 6.07 Å². The number of carbonyl (C=O) groups excluding carboxylic acids is 1. The molecule has 104 valence electrons. The quantitative estimate of drug-likeness (QED) is 0.645. The highest BCUT2D eigenvalue weighted by Crippen LogP contribution is 2.26. The average Bonchev–Trinajstić information content (AvgIpc) is 2.40. The molecule has 0 radical (unpaired) electrons. The number of esters is 1. The third kappa shape index (κ3) is 3.17. The molecule has 0 bridgehead atoms. The first-order valence-electron chi connectivity index (χ1n) is 6.38. The van der Waals surface area contributed by atoms with Gasteiger partial charge in [0.2, 0.25) is 0 Å². The molecule has 1 heterocycles. The van der Waals surface area contributed by atoms with E-state index in [1.54, 1.807) is 12.1 Å². The minimum atomic E-state index is -0.425. The van der Waals surface area contributed by atoms with Crippen molar-refractivity contribution in [3.63, 3.8) is 0 Å². The monoisotopic (exact) mass is 264 g/mol. The number of ether oxygens (including phenoxy) is 2. The average molecular weight is 264 g/mol. The molecule has 0 aliphatic carbocycles. The number of hydrogen-bond acceptors (Lipinski definition) is 5. The van der Waals surface area contributed by atoms with Gasteiger partial charge in [0, 0.05) is 18.0 Å². The molecule has 0 amide bonds. The van der Waals surface area contributed by atoms with Crippen LogP contribution in [0.1, 0.15) is 30.1 Å². The van der Waals surface area contributed by atoms with E-state index < -0.39 is 5.97 Å². The van der Waals surface area contributed by atoms with Crippen LogP contribution in [-0.4, -0.2) is 31.8 Å². The van der Waals surface area contributed by atoms with Crippen LogP contribution in [0.15, 0.2) is 18.2 Å². The van der Waals surface area contributed by atoms with E-state index in [-0.39, 0.29) is 5.54 Å². The molecular formula is C14H20N2O3. The molecule has 1 aliphatic heterocycles. The molecule has 3 N–H and O–H groups in total. The summed E-state index contributed by atoms with van der Waals surface area (Å²) < 4.78 is 10.2. The Morgan fingerprint density at radius 2 is 2.32 bits per heavy atom. The Balaban J connectivity index is 2.19. The van der Waals surface area contributed by atoms with E-state index in [2.05, 4.69) is 12.2 Å². The van der Waals surface area contributed by atoms with Crippen molar-refractivity contribution in [2.45, 2.75) is 25.3 Å². The SMILES string of the molecule is COC(=O)c1cc(NC2(C)CCCOC2)ccc1N. The summed E-state index contributed by atoms with van der Waals surface area (Å²) in [6, 6.07) is 5.30. The maximum atomic E-state index is 11.6. The zero-order chi connectivity index (χ0) is 13.9. The Hall–Kier alpha value is -1.75. The zero-order valence-electron chi connectivity index (χ0n) is 11.4. The van der Waals surface area contributed by atoms with Crippen molar-refractivity contribution in [1.29, 1.82) is 0 Å². The number of nitrogen functional groups attached to an aromatic ring is 1. The highest BCUT2D eigenvalue weighted by atomic mass is 16.5. The summed E-state index contributed by atoms with van der Waals surface area (Å²) in [4.78, 5) is 11.6. The van der Waals surface area contributed by atoms with Crippen LogP contribution in [0, 0.1) is 0 Å². The van der Waals surface area contributed by atoms with Gasteiger partial charge in [0.25, 0.3) is 0 Å². The van der Waals surface area contributed by atoms with Crippen LogP contribution in [-0.2, 0) is 9.47 Å². The highest BCUT2D eigenvalue weighted by Gasteiger charge is 2.27. The highest BCUT2D eigenvalue weighted by molar-refractivity contribution is 5.96. The first kappa shape index (κ1) is 13.7. The fraction of sp³-hybridized carbons (Fsp3) is 0.500. The maximum absolute atomic E-state index is 11.6. The first-order valence-corrected chi connectivity index (χ1v) is 6.38. The van der Waals surface area contributed by atoms with E-state index in [1.165, 1.54) is 7.11 Å². The van der Waals surface area contributed by atoms with E-state index >= 15 is 0 Å². The summed E-state index contributed by atoms with van der Waals surface area (Å²) in [6.45, 7) is 3.58. The molecule has 1 unspecified atom stereocenters. The van der Waals surface area contributed by atoms with Gasteiger partial charge in [-0.1, -0.05) is 0 Å². The second kappa shape index (κ2) is 5.48. The Kier molecular flexibility index (Phi) is 3.95. The third-order valence-electron chi connectivity index (χ3n) is 3.34. The van der Waals surface area contributed by atoms with Crippen molar-refractivity contribution in [3.05, 3.63) is 23.8 Å². The largest absolute Gasteiger partial charge is 0.465 e. The topological polar surface area (TPSA) is 73.6 Å². The second-order valence-electron chi connectivity index (χ2n) is 5.14. The smallest absolute Gasteiger partial charge is 0.340 e. The van der Waals surface area contributed by atoms with Crippen LogP contribution in [0.4, 0.5) is 11.4 Å². The van der Waals surface area contributed by atoms with Crippen LogP contribution in [0.3, 0.4) is 0 Å². The van der Waals surface area contributed by atoms with Crippen molar-refractivity contribution in [2.75, 3.05) is 31.4 Å². The number of rotatable bonds is 3. The number of anilines is 2. The predicted octanol–water partition coefficient (Wildman–Crippen LogP) is 2.04. The fourth-order valence-electron chi connectivity index (χ4n) is 2.30. The van der Waals surface area contributed by atoms with Crippen molar-refractivity contribution in [1.82, 2.24) is 0 Å². The molecule has 5 heteroatoms. The van der Waals surface area contributed by atoms with E-state index in [4.69, 9.17) is 15.2 Å². The molecule has 1 aromatic carbocycles. The molecule has 19 heavy (non-hydrogen) atoms. The minimum absolute atomic E-state index is 0.109. The van der Waals surface area contributed by atoms with Gasteiger partial charge < -0.3 is 20.5 Å². The zero-order valence-corrected chi connectivity index (χ0v) is 11.4. The van der Waals surface area contributed by atoms with Crippen molar-refractivity contribution in [2.24, 2.45) is 0 Å². The molecule has 1 atom stereocenters. The number of hydrogen-bond donors (Lipinski definition) is 2. The van der Waals surface area contributed by atoms with Crippen LogP contribution < -0.4 is 11.1 Å². The lowest BCUT2D eigenvalue weighted by atomic mass is 9.94. The van der Waals surface area contributed by atoms with Crippen LogP contribution in [0.25, 0.3) is 0 Å². The molecule has 1 saturated heterocycles. The number of benzene rings is 1. The summed E-state index contributed by atoms with van der Waals surface area (Å²) in [7, 11) is 1.35. The summed E-state index contributed by atoms with van der Waals surface area (Å²) in [5.74, 6) is -0.425. The Bertz CT molecular complexity index is 468. The molecule has 0 aromatic heterocycles. The van der Waals surface area contributed by atoms with Crippen molar-refractivity contribution < 1.29 is 14.3 Å². The summed E-state index contributed by atoms with van der Waals surface area (Å²) in [5, 5.41) is 3.42. The molecule has 1 aliphatic rings. The van der Waals surface area contributed by atoms with Crippen LogP contribution >= 0.6 is 0 Å². The van der Waals surface area contributed by atoms with Gasteiger partial charge in [0.15, 0.2) is 0 Å². The summed E-state index contributed by atoms with van der Waals surface area (Å²) in [5.41, 5.74) is 7.32. The first-order chi connectivity index (χ1) is 9.04. The number of methoxy groups -OCH3 is 1. The number of nitrogens with two attached hydrogens (primary N) is 1. The Morgan fingerprint density at radius 3 is 2.95 bits per heavy atom. The van der Waals surface area contributed by atoms with Crippen molar-refractivity contribution in [3.8, 4) is 0 Å². The van der Waals surface area contributed by atoms with Gasteiger partial charge >= 0.3 is 5.97 Å². The lowest BCUT2D eigenvalue weighted by Crippen LogP contribution is -2.43. The molecule has 1 fully saturated rings. The summed E-state index contributed by atoms with van der Waals surface area (Å²) >= 11 is 0. The van der Waals surface area contributed by atoms with Gasteiger partial charge in [-0.25, -0.2) is 4.79 Å². The number of carbonyl (C=O) groups is 1. The Labute approximate surface area is 113 Å². The van der Waals surface area contributed by atoms with E-state index in [9.17, 15) is 4.79 Å². The van der Waals surface area contributed by atoms with Crippen LogP contribution in [0.5, 0.6) is 0 Å². The minimum Gasteiger partial charge on any atom is -0.465 e. The van der Waals surface area contributed by atoms with E-state index in [0.717, 1.165) is 25.1 Å². The molecule has 2 rings (SSSR count). The van der Waals surface area contributed by atoms with Gasteiger partial charge in [-0.05, 0) is 38.0 Å². The second-order valence-corrected chi connectivity index (χ2v) is 5.14. The van der Waals surface area contributed by atoms with Crippen molar-refractivity contribution >= 4 is 17.3 Å². The normalized spacial score (nSPS) is 22.8. The molecule has 0 saturated carbocycles. The molecule has 0 spiro atoms. The fourth-order valence-corrected chi connectivity index (χ4v) is 2.30. The standard InChI is InChI=1S/C14H20N2O3/c1-14(6-3-7-19-9-14)16-10-4-5-12(15)11(8-10)13(17)18-2/h4-5,8,16H,3,6-7,9,15H2,1-2H3. The van der Waals surface area contributed by atoms with Crippen LogP contribution in [0.2, 0.25) is 0 Å². The van der Waals surface area contributed by atoms with Gasteiger partial charge in [-0.2, -0.15) is 0 Å². The van der Waals surface area contributed by atoms with Gasteiger partial charge in [0.1, 0.15) is 0 Å². The maximum Gasteiger partial charge on any atom is 0.340 e. The molecule has 5 nitrogen and oxygen atoms in total. The Morgan fingerprint density at radius 1 is 1.53 bits per heavy atom. The van der Waals surface area contributed by atoms with Gasteiger partial charge in [-0.15, -0.1) is 0 Å². The summed E-state index contributed by atoms with van der Waals surface area (Å²) in [6.07, 6.45) is 2.06. The molecular weight excluding hydrogens is 244 g/mol. The number of nitrogens with one attached hydrogen (secondary N) is 1. The predicted molar refractivity (Wildman–Crippen MR) is 74.3 cm³/mol. The lowest BCUT2D eigenvalue weighted by Gasteiger charge is -2.35. The molecule has 1 aromatic rings. The van der Waals surface area contributed by atoms with E-state index in [0.29, 0.717) is 17.9 Å². The third-order valence-corrected chi connectivity index (χ3v) is 3.34.